The highest BCUT2D eigenvalue weighted by molar-refractivity contribution is 6.29. The van der Waals surface area contributed by atoms with Gasteiger partial charge in [0.05, 0.1) is 0 Å². The van der Waals surface area contributed by atoms with E-state index in [-0.39, 0.29) is 16.4 Å². The monoisotopic (exact) mass is 614 g/mol. The summed E-state index contributed by atoms with van der Waals surface area (Å²) in [5, 5.41) is 0. The van der Waals surface area contributed by atoms with Crippen LogP contribution < -0.4 is 9.80 Å². The van der Waals surface area contributed by atoms with E-state index in [4.69, 9.17) is 0 Å². The molecule has 2 aromatic carbocycles. The van der Waals surface area contributed by atoms with Gasteiger partial charge in [-0.2, -0.15) is 0 Å². The summed E-state index contributed by atoms with van der Waals surface area (Å²) in [6.07, 6.45) is 12.1. The summed E-state index contributed by atoms with van der Waals surface area (Å²) >= 11 is 0. The molecule has 1 saturated heterocycles. The average molecular weight is 615 g/mol. The number of rotatable bonds is 4. The first-order chi connectivity index (χ1) is 21.9. The van der Waals surface area contributed by atoms with Gasteiger partial charge < -0.3 is 9.80 Å². The van der Waals surface area contributed by atoms with Gasteiger partial charge in [-0.25, -0.2) is 4.79 Å². The van der Waals surface area contributed by atoms with Crippen molar-refractivity contribution >= 4 is 29.2 Å². The Bertz CT molecular complexity index is 1740. The predicted octanol–water partition coefficient (Wildman–Crippen LogP) is 7.16. The van der Waals surface area contributed by atoms with Gasteiger partial charge in [-0.3, -0.25) is 19.4 Å². The molecule has 0 atom stereocenters. The fourth-order valence-electron chi connectivity index (χ4n) is 7.42. The second-order valence-electron chi connectivity index (χ2n) is 13.2. The van der Waals surface area contributed by atoms with Gasteiger partial charge in [0.2, 0.25) is 0 Å². The molecule has 4 amide bonds. The molecule has 4 aliphatic rings. The van der Waals surface area contributed by atoms with E-state index in [0.717, 1.165) is 45.4 Å². The van der Waals surface area contributed by atoms with E-state index in [1.807, 2.05) is 24.3 Å². The third-order valence-corrected chi connectivity index (χ3v) is 9.95. The zero-order valence-corrected chi connectivity index (χ0v) is 28.0. The highest BCUT2D eigenvalue weighted by atomic mass is 16.2. The van der Waals surface area contributed by atoms with Gasteiger partial charge >= 0.3 is 6.03 Å². The number of anilines is 2. The number of benzene rings is 2. The summed E-state index contributed by atoms with van der Waals surface area (Å²) in [4.78, 5) is 46.7. The molecule has 236 valence electrons. The second-order valence-corrected chi connectivity index (χ2v) is 13.2. The van der Waals surface area contributed by atoms with Crippen LogP contribution in [0.1, 0.15) is 52.7 Å². The lowest BCUT2D eigenvalue weighted by Crippen LogP contribution is -2.53. The number of nitrogens with zero attached hydrogens (tertiary/aromatic N) is 4. The molecule has 0 unspecified atom stereocenters. The maximum atomic E-state index is 13.7. The van der Waals surface area contributed by atoms with E-state index in [2.05, 4.69) is 112 Å². The summed E-state index contributed by atoms with van der Waals surface area (Å²) in [5.74, 6) is -1.20. The van der Waals surface area contributed by atoms with Gasteiger partial charge in [0.15, 0.2) is 0 Å². The van der Waals surface area contributed by atoms with Crippen molar-refractivity contribution in [3.05, 3.63) is 130 Å². The van der Waals surface area contributed by atoms with E-state index in [1.54, 1.807) is 0 Å². The van der Waals surface area contributed by atoms with Crippen molar-refractivity contribution in [3.63, 3.8) is 0 Å². The Morgan fingerprint density at radius 2 is 0.978 bits per heavy atom. The number of fused-ring (bicyclic) bond motifs is 2. The summed E-state index contributed by atoms with van der Waals surface area (Å²) in [6.45, 7) is 14.8. The number of para-hydroxylation sites is 2. The lowest BCUT2D eigenvalue weighted by Gasteiger charge is -2.30. The second kappa shape index (κ2) is 11.2. The third-order valence-electron chi connectivity index (χ3n) is 9.95. The number of amides is 4. The minimum Gasteiger partial charge on any atom is -0.344 e. The number of carbonyl (C=O) groups excluding carboxylic acids is 3. The number of carbonyl (C=O) groups is 3. The minimum atomic E-state index is -0.640. The summed E-state index contributed by atoms with van der Waals surface area (Å²) in [6, 6.07) is 16.3. The number of hydrogen-bond donors (Lipinski definition) is 0. The van der Waals surface area contributed by atoms with E-state index < -0.39 is 17.8 Å². The van der Waals surface area contributed by atoms with Crippen LogP contribution in [0.15, 0.2) is 119 Å². The summed E-state index contributed by atoms with van der Waals surface area (Å²) in [5.41, 5.74) is 8.70. The van der Waals surface area contributed by atoms with Crippen LogP contribution in [0, 0.1) is 0 Å². The average Bonchev–Trinajstić information content (AvgIpc) is 3.61. The molecule has 7 heteroatoms. The number of allylic oxidation sites excluding steroid dienone is 11. The van der Waals surface area contributed by atoms with E-state index in [0.29, 0.717) is 5.57 Å². The van der Waals surface area contributed by atoms with Crippen molar-refractivity contribution in [2.45, 2.75) is 52.4 Å². The highest BCUT2D eigenvalue weighted by Gasteiger charge is 2.43. The summed E-state index contributed by atoms with van der Waals surface area (Å²) < 4.78 is 0. The van der Waals surface area contributed by atoms with Crippen LogP contribution in [0.4, 0.5) is 16.2 Å². The van der Waals surface area contributed by atoms with Crippen LogP contribution in [0.25, 0.3) is 0 Å². The van der Waals surface area contributed by atoms with E-state index in [9.17, 15) is 14.4 Å². The highest BCUT2D eigenvalue weighted by Crippen LogP contribution is 2.49. The molecule has 3 heterocycles. The molecular weight excluding hydrogens is 572 g/mol. The molecule has 0 N–H and O–H groups in total. The normalized spacial score (nSPS) is 23.7. The Morgan fingerprint density at radius 3 is 1.37 bits per heavy atom. The molecule has 1 aliphatic carbocycles. The zero-order chi connectivity index (χ0) is 33.1. The van der Waals surface area contributed by atoms with Crippen LogP contribution in [-0.4, -0.2) is 54.8 Å². The first-order valence-electron chi connectivity index (χ1n) is 16.0. The molecule has 1 fully saturated rings. The molecule has 0 radical (unpaired) electrons. The fraction of sp³-hybridized carbons (Fsp3) is 0.308. The molecular formula is C39H42N4O3. The van der Waals surface area contributed by atoms with E-state index >= 15 is 0 Å². The van der Waals surface area contributed by atoms with E-state index in [1.165, 1.54) is 36.6 Å². The zero-order valence-electron chi connectivity index (χ0n) is 28.0. The van der Waals surface area contributed by atoms with Gasteiger partial charge in [0.25, 0.3) is 11.8 Å². The Balaban J connectivity index is 1.51. The van der Waals surface area contributed by atoms with Crippen molar-refractivity contribution in [3.8, 4) is 0 Å². The molecule has 46 heavy (non-hydrogen) atoms. The Kier molecular flexibility index (Phi) is 7.54. The first kappa shape index (κ1) is 31.1. The Labute approximate surface area is 272 Å². The topological polar surface area (TPSA) is 64.2 Å². The molecule has 0 aromatic heterocycles. The Hall–Kier alpha value is -4.91. The molecule has 0 saturated carbocycles. The van der Waals surface area contributed by atoms with Crippen LogP contribution in [0.3, 0.4) is 0 Å². The van der Waals surface area contributed by atoms with Crippen LogP contribution >= 0.6 is 0 Å². The molecule has 0 spiro atoms. The van der Waals surface area contributed by atoms with Gasteiger partial charge in [-0.15, -0.1) is 0 Å². The number of hydrogen-bond acceptors (Lipinski definition) is 5. The van der Waals surface area contributed by atoms with Crippen molar-refractivity contribution in [2.75, 3.05) is 37.0 Å². The molecule has 2 aromatic rings. The lowest BCUT2D eigenvalue weighted by molar-refractivity contribution is -0.134. The quantitative estimate of drug-likeness (QED) is 0.270. The van der Waals surface area contributed by atoms with Gasteiger partial charge in [0.1, 0.15) is 5.57 Å². The van der Waals surface area contributed by atoms with Crippen LogP contribution in [0.5, 0.6) is 0 Å². The number of imide groups is 2. The van der Waals surface area contributed by atoms with Crippen molar-refractivity contribution in [1.29, 1.82) is 0 Å². The number of urea groups is 1. The number of likely N-dealkylation sites (N-methyl/N-ethyl adjacent to an activating group) is 4. The molecule has 7 nitrogen and oxygen atoms in total. The smallest absolute Gasteiger partial charge is 0.333 e. The standard InChI is InChI=1S/C39H42N4O3/c1-9-42-29-17-13-11-15-27(29)38(3,4)31(42)23-21-25-19-20-26(33(25)34-35(44)40(7)37(46)41(8)36(34)45)22-24-32-39(5,6)28-16-12-14-18-30(28)43(32)10-2/h11-24H,9-10H2,1-8H3/b25-21+,26-22+,31-23+,32-24+. The molecule has 3 aliphatic heterocycles. The van der Waals surface area contributed by atoms with Gasteiger partial charge in [0, 0.05) is 66.4 Å². The van der Waals surface area contributed by atoms with Crippen molar-refractivity contribution < 1.29 is 14.4 Å². The third kappa shape index (κ3) is 4.51. The van der Waals surface area contributed by atoms with Crippen LogP contribution in [0.2, 0.25) is 0 Å². The minimum absolute atomic E-state index is 0.00784. The maximum absolute atomic E-state index is 13.7. The SMILES string of the molecule is CCN1/C(=C/C=C2C=C/C(=C\C=C3\N(CC)c4ccccc4C3(C)C)C\2=C2C(=O)N(C)C(=O)N(C)C2=O)C(C)(C)c2ccccc21. The largest absolute Gasteiger partial charge is 0.344 e. The van der Waals surface area contributed by atoms with Crippen molar-refractivity contribution in [2.24, 2.45) is 0 Å². The molecule has 6 rings (SSSR count). The fourth-order valence-corrected chi connectivity index (χ4v) is 7.42. The van der Waals surface area contributed by atoms with Gasteiger partial charge in [-0.05, 0) is 60.4 Å². The van der Waals surface area contributed by atoms with Crippen molar-refractivity contribution in [1.82, 2.24) is 9.80 Å². The van der Waals surface area contributed by atoms with Gasteiger partial charge in [-0.1, -0.05) is 88.4 Å². The van der Waals surface area contributed by atoms with Crippen LogP contribution in [-0.2, 0) is 20.4 Å². The number of barbiturate groups is 1. The summed E-state index contributed by atoms with van der Waals surface area (Å²) in [7, 11) is 2.84. The lowest BCUT2D eigenvalue weighted by atomic mass is 9.83. The molecule has 0 bridgehead atoms. The Morgan fingerprint density at radius 1 is 0.587 bits per heavy atom. The maximum Gasteiger partial charge on any atom is 0.333 e. The predicted molar refractivity (Wildman–Crippen MR) is 184 cm³/mol. The first-order valence-corrected chi connectivity index (χ1v) is 16.0.